The largest absolute Gasteiger partial charge is 0.339 e. The lowest BCUT2D eigenvalue weighted by Crippen LogP contribution is -2.42. The van der Waals surface area contributed by atoms with Crippen LogP contribution in [0, 0.1) is 0 Å². The van der Waals surface area contributed by atoms with Crippen LogP contribution in [0.4, 0.5) is 0 Å². The number of benzene rings is 2. The normalized spacial score (nSPS) is 10.3. The minimum atomic E-state index is -0.472. The van der Waals surface area contributed by atoms with Crippen molar-refractivity contribution in [2.75, 3.05) is 0 Å². The summed E-state index contributed by atoms with van der Waals surface area (Å²) in [6.45, 7) is 0.565. The summed E-state index contributed by atoms with van der Waals surface area (Å²) in [4.78, 5) is 24.5. The highest BCUT2D eigenvalue weighted by Crippen LogP contribution is 2.14. The highest BCUT2D eigenvalue weighted by molar-refractivity contribution is 6.33. The Bertz CT molecular complexity index is 890. The Kier molecular flexibility index (Phi) is 5.16. The van der Waals surface area contributed by atoms with Crippen molar-refractivity contribution in [2.24, 2.45) is 0 Å². The molecule has 0 atom stereocenters. The summed E-state index contributed by atoms with van der Waals surface area (Å²) < 4.78 is 1.81. The van der Waals surface area contributed by atoms with Crippen molar-refractivity contribution in [1.29, 1.82) is 0 Å². The van der Waals surface area contributed by atoms with Gasteiger partial charge in [0.25, 0.3) is 11.8 Å². The van der Waals surface area contributed by atoms with Gasteiger partial charge in [0.15, 0.2) is 0 Å². The van der Waals surface area contributed by atoms with Crippen LogP contribution in [0.1, 0.15) is 26.4 Å². The summed E-state index contributed by atoms with van der Waals surface area (Å²) in [6, 6.07) is 19.9. The third kappa shape index (κ3) is 4.08. The van der Waals surface area contributed by atoms with E-state index in [-0.39, 0.29) is 0 Å². The van der Waals surface area contributed by atoms with E-state index in [1.54, 1.807) is 36.4 Å². The van der Waals surface area contributed by atoms with E-state index in [1.165, 1.54) is 0 Å². The van der Waals surface area contributed by atoms with Crippen molar-refractivity contribution >= 4 is 23.4 Å². The molecule has 1 heterocycles. The molecule has 25 heavy (non-hydrogen) atoms. The fourth-order valence-corrected chi connectivity index (χ4v) is 2.65. The van der Waals surface area contributed by atoms with E-state index >= 15 is 0 Å². The van der Waals surface area contributed by atoms with Gasteiger partial charge >= 0.3 is 0 Å². The van der Waals surface area contributed by atoms with Gasteiger partial charge in [0.2, 0.25) is 0 Å². The molecule has 0 spiro atoms. The van der Waals surface area contributed by atoms with E-state index in [4.69, 9.17) is 11.6 Å². The van der Waals surface area contributed by atoms with Crippen molar-refractivity contribution in [1.82, 2.24) is 15.4 Å². The molecule has 126 valence electrons. The van der Waals surface area contributed by atoms with Crippen LogP contribution in [-0.4, -0.2) is 16.4 Å². The first-order chi connectivity index (χ1) is 12.1. The van der Waals surface area contributed by atoms with Gasteiger partial charge in [-0.15, -0.1) is 0 Å². The molecular weight excluding hydrogens is 338 g/mol. The Hall–Kier alpha value is -3.05. The van der Waals surface area contributed by atoms with Crippen molar-refractivity contribution in [3.8, 4) is 0 Å². The van der Waals surface area contributed by atoms with E-state index in [0.717, 1.165) is 5.56 Å². The van der Waals surface area contributed by atoms with Gasteiger partial charge in [-0.3, -0.25) is 20.4 Å². The topological polar surface area (TPSA) is 63.1 Å². The summed E-state index contributed by atoms with van der Waals surface area (Å²) in [6.07, 6.45) is 1.82. The molecule has 3 aromatic rings. The number of aromatic nitrogens is 1. The number of halogens is 1. The zero-order chi connectivity index (χ0) is 17.6. The van der Waals surface area contributed by atoms with Gasteiger partial charge in [-0.25, -0.2) is 0 Å². The fraction of sp³-hybridized carbons (Fsp3) is 0.0526. The number of nitrogens with zero attached hydrogens (tertiary/aromatic N) is 1. The van der Waals surface area contributed by atoms with Gasteiger partial charge in [0, 0.05) is 12.7 Å². The van der Waals surface area contributed by atoms with Crippen LogP contribution >= 0.6 is 11.6 Å². The zero-order valence-electron chi connectivity index (χ0n) is 13.3. The van der Waals surface area contributed by atoms with Gasteiger partial charge in [-0.05, 0) is 29.8 Å². The average molecular weight is 354 g/mol. The smallest absolute Gasteiger partial charge is 0.286 e. The first-order valence-corrected chi connectivity index (χ1v) is 8.07. The van der Waals surface area contributed by atoms with Gasteiger partial charge in [-0.1, -0.05) is 54.1 Å². The van der Waals surface area contributed by atoms with Gasteiger partial charge in [0.1, 0.15) is 5.69 Å². The maximum atomic E-state index is 12.4. The van der Waals surface area contributed by atoms with E-state index in [0.29, 0.717) is 22.8 Å². The third-order valence-corrected chi connectivity index (χ3v) is 4.00. The Morgan fingerprint density at radius 2 is 1.52 bits per heavy atom. The molecule has 0 aliphatic heterocycles. The van der Waals surface area contributed by atoms with E-state index in [9.17, 15) is 9.59 Å². The van der Waals surface area contributed by atoms with E-state index in [1.807, 2.05) is 41.1 Å². The molecule has 0 saturated heterocycles. The second-order valence-electron chi connectivity index (χ2n) is 5.40. The molecule has 0 aliphatic rings. The van der Waals surface area contributed by atoms with Crippen LogP contribution in [-0.2, 0) is 6.54 Å². The first kappa shape index (κ1) is 16.8. The summed E-state index contributed by atoms with van der Waals surface area (Å²) >= 11 is 5.97. The number of carbonyl (C=O) groups excluding carboxylic acids is 2. The van der Waals surface area contributed by atoms with Gasteiger partial charge in [0.05, 0.1) is 10.6 Å². The van der Waals surface area contributed by atoms with E-state index < -0.39 is 11.8 Å². The maximum absolute atomic E-state index is 12.4. The SMILES string of the molecule is O=C(NNC(=O)c1cccn1Cc1ccccc1)c1ccccc1Cl. The van der Waals surface area contributed by atoms with Crippen LogP contribution in [0.25, 0.3) is 0 Å². The number of carbonyl (C=O) groups is 2. The zero-order valence-corrected chi connectivity index (χ0v) is 14.0. The monoisotopic (exact) mass is 353 g/mol. The predicted molar refractivity (Wildman–Crippen MR) is 96.4 cm³/mol. The molecule has 0 saturated carbocycles. The standard InChI is InChI=1S/C19H16ClN3O2/c20-16-10-5-4-9-15(16)18(24)21-22-19(25)17-11-6-12-23(17)13-14-7-2-1-3-8-14/h1-12H,13H2,(H,21,24)(H,22,25). The van der Waals surface area contributed by atoms with Gasteiger partial charge < -0.3 is 4.57 Å². The lowest BCUT2D eigenvalue weighted by atomic mass is 10.2. The average Bonchev–Trinajstić information content (AvgIpc) is 3.09. The van der Waals surface area contributed by atoms with Crippen molar-refractivity contribution in [3.05, 3.63) is 94.8 Å². The molecule has 1 aromatic heterocycles. The molecule has 0 unspecified atom stereocenters. The van der Waals surface area contributed by atoms with Crippen LogP contribution in [0.2, 0.25) is 5.02 Å². The quantitative estimate of drug-likeness (QED) is 0.707. The molecular formula is C19H16ClN3O2. The molecule has 2 aromatic carbocycles. The predicted octanol–water partition coefficient (Wildman–Crippen LogP) is 3.26. The van der Waals surface area contributed by atoms with Crippen molar-refractivity contribution in [3.63, 3.8) is 0 Å². The Labute approximate surface area is 150 Å². The first-order valence-electron chi connectivity index (χ1n) is 7.69. The van der Waals surface area contributed by atoms with Crippen LogP contribution < -0.4 is 10.9 Å². The van der Waals surface area contributed by atoms with Crippen LogP contribution in [0.5, 0.6) is 0 Å². The minimum Gasteiger partial charge on any atom is -0.339 e. The Morgan fingerprint density at radius 1 is 0.840 bits per heavy atom. The molecule has 0 bridgehead atoms. The van der Waals surface area contributed by atoms with Gasteiger partial charge in [-0.2, -0.15) is 0 Å². The summed E-state index contributed by atoms with van der Waals surface area (Å²) in [5.41, 5.74) is 6.62. The van der Waals surface area contributed by atoms with Crippen LogP contribution in [0.3, 0.4) is 0 Å². The fourth-order valence-electron chi connectivity index (χ4n) is 2.43. The number of hydrogen-bond acceptors (Lipinski definition) is 2. The molecule has 6 heteroatoms. The molecule has 5 nitrogen and oxygen atoms in total. The summed E-state index contributed by atoms with van der Waals surface area (Å²) in [7, 11) is 0. The molecule has 3 rings (SSSR count). The highest BCUT2D eigenvalue weighted by atomic mass is 35.5. The molecule has 2 amide bonds. The lowest BCUT2D eigenvalue weighted by molar-refractivity contribution is 0.0842. The maximum Gasteiger partial charge on any atom is 0.286 e. The molecule has 0 fully saturated rings. The number of hydrazine groups is 1. The van der Waals surface area contributed by atoms with E-state index in [2.05, 4.69) is 10.9 Å². The highest BCUT2D eigenvalue weighted by Gasteiger charge is 2.14. The van der Waals surface area contributed by atoms with Crippen molar-refractivity contribution < 1.29 is 9.59 Å². The third-order valence-electron chi connectivity index (χ3n) is 3.67. The molecule has 2 N–H and O–H groups in total. The van der Waals surface area contributed by atoms with Crippen LogP contribution in [0.15, 0.2) is 72.9 Å². The minimum absolute atomic E-state index is 0.295. The second kappa shape index (κ2) is 7.68. The number of nitrogens with one attached hydrogen (secondary N) is 2. The number of amides is 2. The number of rotatable bonds is 4. The van der Waals surface area contributed by atoms with Crippen molar-refractivity contribution in [2.45, 2.75) is 6.54 Å². The Balaban J connectivity index is 1.65. The molecule has 0 aliphatic carbocycles. The second-order valence-corrected chi connectivity index (χ2v) is 5.80. The summed E-state index contributed by atoms with van der Waals surface area (Å²) in [5.74, 6) is -0.874. The Morgan fingerprint density at radius 3 is 2.28 bits per heavy atom. The summed E-state index contributed by atoms with van der Waals surface area (Å²) in [5, 5.41) is 0.321. The number of hydrogen-bond donors (Lipinski definition) is 2. The lowest BCUT2D eigenvalue weighted by Gasteiger charge is -2.11. The molecule has 0 radical (unpaired) electrons.